The first kappa shape index (κ1) is 19.1. The van der Waals surface area contributed by atoms with E-state index in [1.165, 1.54) is 26.0 Å². The van der Waals surface area contributed by atoms with Crippen molar-refractivity contribution in [2.24, 2.45) is 0 Å². The molecular weight excluding hydrogens is 388 g/mol. The first-order valence-corrected chi connectivity index (χ1v) is 9.33. The highest BCUT2D eigenvalue weighted by atomic mass is 35.5. The fourth-order valence-electron chi connectivity index (χ4n) is 2.39. The van der Waals surface area contributed by atoms with E-state index in [2.05, 4.69) is 15.4 Å². The second-order valence-corrected chi connectivity index (χ2v) is 6.71. The zero-order valence-electron chi connectivity index (χ0n) is 14.7. The number of amides is 1. The second kappa shape index (κ2) is 8.79. The van der Waals surface area contributed by atoms with Crippen LogP contribution in [0.3, 0.4) is 0 Å². The molecule has 1 heterocycles. The first-order valence-electron chi connectivity index (χ1n) is 7.97. The minimum Gasteiger partial charge on any atom is -0.495 e. The van der Waals surface area contributed by atoms with E-state index in [0.717, 1.165) is 5.69 Å². The van der Waals surface area contributed by atoms with Gasteiger partial charge < -0.3 is 14.8 Å². The van der Waals surface area contributed by atoms with Gasteiger partial charge in [-0.1, -0.05) is 29.8 Å². The van der Waals surface area contributed by atoms with E-state index < -0.39 is 0 Å². The number of ether oxygens (including phenoxy) is 2. The van der Waals surface area contributed by atoms with E-state index in [-0.39, 0.29) is 11.7 Å². The topological polar surface area (TPSA) is 80.1 Å². The number of methoxy groups -OCH3 is 2. The Bertz CT molecular complexity index is 934. The van der Waals surface area contributed by atoms with Gasteiger partial charge in [0.15, 0.2) is 5.69 Å². The molecule has 0 aliphatic rings. The summed E-state index contributed by atoms with van der Waals surface area (Å²) in [6, 6.07) is 12.9. The van der Waals surface area contributed by atoms with Gasteiger partial charge >= 0.3 is 5.16 Å². The lowest BCUT2D eigenvalue weighted by atomic mass is 10.2. The number of anilines is 1. The summed E-state index contributed by atoms with van der Waals surface area (Å²) in [7, 11) is 3.03. The lowest BCUT2D eigenvalue weighted by Crippen LogP contribution is -2.35. The highest BCUT2D eigenvalue weighted by Crippen LogP contribution is 2.35. The minimum atomic E-state index is -0.206. The van der Waals surface area contributed by atoms with Crippen LogP contribution < -0.4 is 19.5 Å². The van der Waals surface area contributed by atoms with Crippen molar-refractivity contribution >= 4 is 35.0 Å². The smallest absolute Gasteiger partial charge is 0.385 e. The summed E-state index contributed by atoms with van der Waals surface area (Å²) in [5.41, 5.74) is 1.41. The molecule has 7 nitrogen and oxygen atoms in total. The normalized spacial score (nSPS) is 10.5. The van der Waals surface area contributed by atoms with Gasteiger partial charge in [-0.2, -0.15) is 5.10 Å². The number of H-pyrrole nitrogens is 1. The van der Waals surface area contributed by atoms with Crippen LogP contribution in [-0.2, 0) is 4.79 Å². The molecule has 0 spiro atoms. The number of rotatable bonds is 7. The van der Waals surface area contributed by atoms with Crippen molar-refractivity contribution in [1.82, 2.24) is 10.1 Å². The Kier molecular flexibility index (Phi) is 6.20. The average molecular weight is 406 g/mol. The number of nitrogens with zero attached hydrogens (tertiary/aromatic N) is 2. The number of nitrogens with one attached hydrogen (secondary N) is 2. The van der Waals surface area contributed by atoms with Crippen LogP contribution in [0.4, 0.5) is 5.69 Å². The fraction of sp³-hybridized carbons (Fsp3) is 0.167. The molecule has 3 aromatic rings. The molecule has 0 fully saturated rings. The van der Waals surface area contributed by atoms with Crippen molar-refractivity contribution in [2.45, 2.75) is 5.16 Å². The molecular formula is C18H18ClN4O3S+. The number of carbonyl (C=O) groups is 1. The number of thioether (sulfide) groups is 1. The molecule has 140 valence electrons. The molecule has 9 heteroatoms. The van der Waals surface area contributed by atoms with Gasteiger partial charge in [0.1, 0.15) is 11.5 Å². The van der Waals surface area contributed by atoms with E-state index in [0.29, 0.717) is 27.4 Å². The lowest BCUT2D eigenvalue weighted by Gasteiger charge is -2.12. The second-order valence-electron chi connectivity index (χ2n) is 5.36. The molecule has 2 N–H and O–H groups in total. The molecule has 3 rings (SSSR count). The Balaban J connectivity index is 1.68. The molecule has 0 radical (unpaired) electrons. The lowest BCUT2D eigenvalue weighted by molar-refractivity contribution is -0.694. The first-order chi connectivity index (χ1) is 13.1. The van der Waals surface area contributed by atoms with Crippen LogP contribution in [-0.4, -0.2) is 36.0 Å². The number of aromatic nitrogens is 3. The van der Waals surface area contributed by atoms with E-state index in [1.54, 1.807) is 18.5 Å². The van der Waals surface area contributed by atoms with Crippen molar-refractivity contribution in [3.63, 3.8) is 0 Å². The van der Waals surface area contributed by atoms with E-state index in [1.807, 2.05) is 35.0 Å². The molecule has 0 atom stereocenters. The van der Waals surface area contributed by atoms with Crippen LogP contribution in [0.5, 0.6) is 11.5 Å². The highest BCUT2D eigenvalue weighted by Gasteiger charge is 2.19. The average Bonchev–Trinajstić information content (AvgIpc) is 3.16. The Morgan fingerprint density at radius 1 is 1.22 bits per heavy atom. The molecule has 0 bridgehead atoms. The molecule has 0 unspecified atom stereocenters. The zero-order chi connectivity index (χ0) is 19.2. The van der Waals surface area contributed by atoms with Gasteiger partial charge in [-0.25, -0.2) is 0 Å². The molecule has 2 aromatic carbocycles. The van der Waals surface area contributed by atoms with Gasteiger partial charge in [0.25, 0.3) is 0 Å². The van der Waals surface area contributed by atoms with Crippen LogP contribution in [0, 0.1) is 0 Å². The van der Waals surface area contributed by atoms with Gasteiger partial charge in [-0.05, 0) is 34.9 Å². The largest absolute Gasteiger partial charge is 0.495 e. The summed E-state index contributed by atoms with van der Waals surface area (Å²) in [5, 5.41) is 6.90. The summed E-state index contributed by atoms with van der Waals surface area (Å²) >= 11 is 7.45. The molecule has 1 amide bonds. The van der Waals surface area contributed by atoms with E-state index in [4.69, 9.17) is 21.1 Å². The van der Waals surface area contributed by atoms with E-state index >= 15 is 0 Å². The Morgan fingerprint density at radius 2 is 1.96 bits per heavy atom. The number of hydrogen-bond donors (Lipinski definition) is 2. The maximum atomic E-state index is 12.4. The quantitative estimate of drug-likeness (QED) is 0.466. The maximum Gasteiger partial charge on any atom is 0.385 e. The van der Waals surface area contributed by atoms with Gasteiger partial charge in [-0.15, -0.1) is 4.68 Å². The summed E-state index contributed by atoms with van der Waals surface area (Å²) in [5.74, 6) is 0.905. The van der Waals surface area contributed by atoms with Crippen LogP contribution in [0.25, 0.3) is 5.69 Å². The number of carbonyl (C=O) groups excluding carboxylic acids is 1. The van der Waals surface area contributed by atoms with Crippen molar-refractivity contribution in [3.05, 3.63) is 53.8 Å². The monoisotopic (exact) mass is 405 g/mol. The summed E-state index contributed by atoms with van der Waals surface area (Å²) < 4.78 is 12.3. The Hall–Kier alpha value is -2.71. The highest BCUT2D eigenvalue weighted by molar-refractivity contribution is 7.99. The van der Waals surface area contributed by atoms with E-state index in [9.17, 15) is 4.79 Å². The molecule has 27 heavy (non-hydrogen) atoms. The van der Waals surface area contributed by atoms with Crippen molar-refractivity contribution in [1.29, 1.82) is 0 Å². The third-order valence-electron chi connectivity index (χ3n) is 3.65. The molecule has 1 aromatic heterocycles. The summed E-state index contributed by atoms with van der Waals surface area (Å²) in [6.45, 7) is 0. The zero-order valence-corrected chi connectivity index (χ0v) is 16.3. The van der Waals surface area contributed by atoms with Gasteiger partial charge in [0, 0.05) is 6.07 Å². The fourth-order valence-corrected chi connectivity index (χ4v) is 3.38. The molecule has 0 aliphatic heterocycles. The number of benzene rings is 2. The van der Waals surface area contributed by atoms with Crippen molar-refractivity contribution < 1.29 is 19.0 Å². The van der Waals surface area contributed by atoms with Crippen LogP contribution in [0.2, 0.25) is 5.02 Å². The minimum absolute atomic E-state index is 0.171. The number of para-hydroxylation sites is 1. The summed E-state index contributed by atoms with van der Waals surface area (Å²) in [6.07, 6.45) is 1.58. The summed E-state index contributed by atoms with van der Waals surface area (Å²) in [4.78, 5) is 16.7. The Labute approximate surface area is 165 Å². The third-order valence-corrected chi connectivity index (χ3v) is 4.90. The molecule has 0 saturated heterocycles. The predicted octanol–water partition coefficient (Wildman–Crippen LogP) is 3.09. The number of aromatic amines is 1. The molecule has 0 saturated carbocycles. The maximum absolute atomic E-state index is 12.4. The number of halogens is 1. The van der Waals surface area contributed by atoms with Gasteiger partial charge in [-0.3, -0.25) is 4.79 Å². The van der Waals surface area contributed by atoms with Crippen molar-refractivity contribution in [2.75, 3.05) is 25.3 Å². The van der Waals surface area contributed by atoms with Crippen LogP contribution in [0.15, 0.2) is 53.9 Å². The SMILES string of the molecule is COc1cc(OC)c(NC(=O)CSc2nc[nH][n+]2-c2ccccc2)cc1Cl. The standard InChI is InChI=1S/C18H17ClN4O3S/c1-25-15-9-16(26-2)14(8-13(15)19)22-17(24)10-27-18-20-11-21-23(18)12-6-4-3-5-7-12/h3-9,11H,10H2,1-2H3,(H,22,24)/p+1. The van der Waals surface area contributed by atoms with Gasteiger partial charge in [0.05, 0.1) is 30.7 Å². The van der Waals surface area contributed by atoms with Gasteiger partial charge in [0.2, 0.25) is 12.2 Å². The number of hydrogen-bond acceptors (Lipinski definition) is 5. The van der Waals surface area contributed by atoms with Crippen LogP contribution >= 0.6 is 23.4 Å². The predicted molar refractivity (Wildman–Crippen MR) is 104 cm³/mol. The van der Waals surface area contributed by atoms with Crippen LogP contribution in [0.1, 0.15) is 0 Å². The third kappa shape index (κ3) is 4.53. The molecule has 0 aliphatic carbocycles. The Morgan fingerprint density at radius 3 is 2.67 bits per heavy atom. The van der Waals surface area contributed by atoms with Crippen molar-refractivity contribution in [3.8, 4) is 17.2 Å².